The van der Waals surface area contributed by atoms with Crippen LogP contribution in [0.25, 0.3) is 22.2 Å². The summed E-state index contributed by atoms with van der Waals surface area (Å²) < 4.78 is 43.1. The van der Waals surface area contributed by atoms with Gasteiger partial charge in [0.25, 0.3) is 5.91 Å². The van der Waals surface area contributed by atoms with Gasteiger partial charge in [-0.25, -0.2) is 13.1 Å². The number of benzene rings is 2. The Morgan fingerprint density at radius 2 is 1.66 bits per heavy atom. The third-order valence-electron chi connectivity index (χ3n) is 12.8. The van der Waals surface area contributed by atoms with Crippen LogP contribution in [0.4, 0.5) is 0 Å². The number of hydrogen-bond acceptors (Lipinski definition) is 7. The lowest BCUT2D eigenvalue weighted by Gasteiger charge is -2.47. The third kappa shape index (κ3) is 5.20. The molecule has 3 aliphatic heterocycles. The summed E-state index contributed by atoms with van der Waals surface area (Å²) in [6.07, 6.45) is 10.4. The smallest absolute Gasteiger partial charge is 0.264 e. The summed E-state index contributed by atoms with van der Waals surface area (Å²) in [4.78, 5) is 30.9. The lowest BCUT2D eigenvalue weighted by Crippen LogP contribution is -2.66. The molecule has 5 fully saturated rings. The summed E-state index contributed by atoms with van der Waals surface area (Å²) in [6.45, 7) is 3.01. The van der Waals surface area contributed by atoms with Crippen LogP contribution in [0, 0.1) is 5.41 Å². The van der Waals surface area contributed by atoms with Crippen LogP contribution >= 0.6 is 0 Å². The molecule has 3 aromatic rings. The van der Waals surface area contributed by atoms with Crippen LogP contribution in [0.2, 0.25) is 0 Å². The summed E-state index contributed by atoms with van der Waals surface area (Å²) in [7, 11) is -2.10. The number of carbonyl (C=O) groups excluding carboxylic acids is 2. The molecule has 10 nitrogen and oxygen atoms in total. The highest BCUT2D eigenvalue weighted by atomic mass is 32.2. The maximum absolute atomic E-state index is 15.1. The number of aromatic nitrogens is 1. The minimum Gasteiger partial charge on any atom is -0.497 e. The van der Waals surface area contributed by atoms with Crippen molar-refractivity contribution in [3.8, 4) is 17.0 Å². The number of nitrogens with one attached hydrogen (secondary N) is 2. The van der Waals surface area contributed by atoms with Gasteiger partial charge in [0, 0.05) is 47.6 Å². The van der Waals surface area contributed by atoms with Crippen LogP contribution in [0.3, 0.4) is 0 Å². The monoisotopic (exact) mass is 700 g/mol. The van der Waals surface area contributed by atoms with E-state index in [4.69, 9.17) is 9.47 Å². The fourth-order valence-corrected chi connectivity index (χ4v) is 11.7. The second-order valence-electron chi connectivity index (χ2n) is 15.7. The summed E-state index contributed by atoms with van der Waals surface area (Å²) in [6, 6.07) is 12.0. The van der Waals surface area contributed by atoms with Gasteiger partial charge in [0.2, 0.25) is 15.9 Å². The quantitative estimate of drug-likeness (QED) is 0.352. The van der Waals surface area contributed by atoms with Crippen molar-refractivity contribution in [2.75, 3.05) is 33.4 Å². The predicted molar refractivity (Wildman–Crippen MR) is 191 cm³/mol. The van der Waals surface area contributed by atoms with E-state index < -0.39 is 26.6 Å². The molecule has 0 spiro atoms. The van der Waals surface area contributed by atoms with Crippen molar-refractivity contribution in [3.63, 3.8) is 0 Å². The number of hydrogen-bond donors (Lipinski definition) is 2. The molecule has 266 valence electrons. The Morgan fingerprint density at radius 3 is 2.38 bits per heavy atom. The SMILES string of the molecule is COc1ccc2c(c1)C1CC1(C(=O)N1C3CNCC1COC3)Cn1c-2c(C2CCCCC2)c2ccc(C(=O)NS(=O)(=O)C3CCCCC3)cc21. The van der Waals surface area contributed by atoms with Gasteiger partial charge in [0.1, 0.15) is 5.75 Å². The molecular formula is C39H48N4O6S. The van der Waals surface area contributed by atoms with Gasteiger partial charge < -0.3 is 24.3 Å². The van der Waals surface area contributed by atoms with E-state index in [1.807, 2.05) is 18.2 Å². The molecule has 0 radical (unpaired) electrons. The fraction of sp³-hybridized carbons (Fsp3) is 0.590. The van der Waals surface area contributed by atoms with Crippen molar-refractivity contribution < 1.29 is 27.5 Å². The summed E-state index contributed by atoms with van der Waals surface area (Å²) >= 11 is 0. The lowest BCUT2D eigenvalue weighted by atomic mass is 9.81. The summed E-state index contributed by atoms with van der Waals surface area (Å²) in [5, 5.41) is 4.06. The Bertz CT molecular complexity index is 1940. The minimum absolute atomic E-state index is 0.00116. The molecule has 9 rings (SSSR count). The van der Waals surface area contributed by atoms with Gasteiger partial charge in [0.15, 0.2) is 0 Å². The van der Waals surface area contributed by atoms with E-state index in [1.165, 1.54) is 24.8 Å². The number of methoxy groups -OCH3 is 1. The van der Waals surface area contributed by atoms with Crippen molar-refractivity contribution in [2.24, 2.45) is 5.41 Å². The molecule has 3 aliphatic carbocycles. The van der Waals surface area contributed by atoms with Gasteiger partial charge >= 0.3 is 0 Å². The highest BCUT2D eigenvalue weighted by Gasteiger charge is 2.65. The zero-order valence-electron chi connectivity index (χ0n) is 28.9. The number of piperazine rings is 1. The summed E-state index contributed by atoms with van der Waals surface area (Å²) in [5.41, 5.74) is 5.31. The van der Waals surface area contributed by atoms with Gasteiger partial charge in [-0.05, 0) is 79.5 Å². The van der Waals surface area contributed by atoms with E-state index in [1.54, 1.807) is 13.2 Å². The number of carbonyl (C=O) groups is 2. The number of fused-ring (bicyclic) bond motifs is 9. The highest BCUT2D eigenvalue weighted by Crippen LogP contribution is 2.66. The Labute approximate surface area is 294 Å². The first-order chi connectivity index (χ1) is 24.3. The number of amides is 2. The molecule has 11 heteroatoms. The van der Waals surface area contributed by atoms with Gasteiger partial charge in [0.05, 0.1) is 48.8 Å². The van der Waals surface area contributed by atoms with Gasteiger partial charge in [-0.2, -0.15) is 0 Å². The highest BCUT2D eigenvalue weighted by molar-refractivity contribution is 7.90. The van der Waals surface area contributed by atoms with Gasteiger partial charge in [-0.1, -0.05) is 44.6 Å². The molecule has 6 aliphatic rings. The van der Waals surface area contributed by atoms with Gasteiger partial charge in [-0.15, -0.1) is 0 Å². The molecule has 50 heavy (non-hydrogen) atoms. The average Bonchev–Trinajstić information content (AvgIpc) is 3.81. The Hall–Kier alpha value is -3.41. The van der Waals surface area contributed by atoms with E-state index >= 15 is 4.79 Å². The molecule has 2 amide bonds. The predicted octanol–water partition coefficient (Wildman–Crippen LogP) is 5.44. The van der Waals surface area contributed by atoms with Crippen molar-refractivity contribution in [3.05, 3.63) is 53.1 Å². The Morgan fingerprint density at radius 1 is 0.940 bits per heavy atom. The molecule has 2 N–H and O–H groups in total. The molecule has 4 heterocycles. The molecular weight excluding hydrogens is 653 g/mol. The maximum atomic E-state index is 15.1. The Kier molecular flexibility index (Phi) is 8.04. The fourth-order valence-electron chi connectivity index (χ4n) is 10.2. The molecule has 4 atom stereocenters. The second-order valence-corrected chi connectivity index (χ2v) is 17.7. The van der Waals surface area contributed by atoms with Crippen LogP contribution in [-0.4, -0.2) is 80.4 Å². The van der Waals surface area contributed by atoms with Crippen molar-refractivity contribution >= 4 is 32.7 Å². The van der Waals surface area contributed by atoms with E-state index in [-0.39, 0.29) is 23.9 Å². The van der Waals surface area contributed by atoms with Crippen LogP contribution in [-0.2, 0) is 26.1 Å². The van der Waals surface area contributed by atoms with Crippen LogP contribution in [0.15, 0.2) is 36.4 Å². The molecule has 2 aromatic carbocycles. The molecule has 3 saturated carbocycles. The van der Waals surface area contributed by atoms with E-state index in [0.29, 0.717) is 44.1 Å². The largest absolute Gasteiger partial charge is 0.497 e. The van der Waals surface area contributed by atoms with Crippen molar-refractivity contribution in [1.82, 2.24) is 19.5 Å². The van der Waals surface area contributed by atoms with Crippen LogP contribution in [0.1, 0.15) is 104 Å². The Balaban J connectivity index is 1.20. The van der Waals surface area contributed by atoms with Crippen LogP contribution in [0.5, 0.6) is 5.75 Å². The summed E-state index contributed by atoms with van der Waals surface area (Å²) in [5.74, 6) is 0.783. The number of sulfonamides is 1. The number of rotatable bonds is 6. The number of ether oxygens (including phenoxy) is 2. The molecule has 1 aromatic heterocycles. The minimum atomic E-state index is -3.79. The van der Waals surface area contributed by atoms with Gasteiger partial charge in [-0.3, -0.25) is 9.59 Å². The van der Waals surface area contributed by atoms with E-state index in [2.05, 4.69) is 31.6 Å². The third-order valence-corrected chi connectivity index (χ3v) is 14.7. The standard InChI is InChI=1S/C39H48N4O6S/c1-48-28-13-15-30-32(17-28)33-18-39(33,38(45)43-26-19-40-20-27(43)22-49-21-26)23-42-34-16-25(37(44)41-50(46,47)29-10-6-3-7-11-29)12-14-31(34)35(36(30)42)24-8-4-2-5-9-24/h12-17,24,26-27,29,33,40H,2-11,18-23H2,1H3,(H,41,44). The first kappa shape index (κ1) is 32.5. The van der Waals surface area contributed by atoms with E-state index in [0.717, 1.165) is 85.1 Å². The maximum Gasteiger partial charge on any atom is 0.264 e. The lowest BCUT2D eigenvalue weighted by molar-refractivity contribution is -0.155. The topological polar surface area (TPSA) is 119 Å². The first-order valence-corrected chi connectivity index (χ1v) is 20.4. The first-order valence-electron chi connectivity index (χ1n) is 18.8. The average molecular weight is 701 g/mol. The second kappa shape index (κ2) is 12.4. The number of morpholine rings is 1. The molecule has 4 unspecified atom stereocenters. The zero-order valence-corrected chi connectivity index (χ0v) is 29.7. The molecule has 2 bridgehead atoms. The van der Waals surface area contributed by atoms with Crippen molar-refractivity contribution in [1.29, 1.82) is 0 Å². The van der Waals surface area contributed by atoms with E-state index in [9.17, 15) is 13.2 Å². The zero-order chi connectivity index (χ0) is 34.2. The number of nitrogens with zero attached hydrogens (tertiary/aromatic N) is 2. The van der Waals surface area contributed by atoms with Crippen LogP contribution < -0.4 is 14.8 Å². The van der Waals surface area contributed by atoms with Crippen molar-refractivity contribution in [2.45, 2.75) is 106 Å². The molecule has 2 saturated heterocycles. The normalized spacial score (nSPS) is 28.3.